The van der Waals surface area contributed by atoms with E-state index >= 15 is 0 Å². The van der Waals surface area contributed by atoms with Crippen LogP contribution in [0.15, 0.2) is 72.8 Å². The Morgan fingerprint density at radius 3 is 2.05 bits per heavy atom. The number of ether oxygens (including phenoxy) is 4. The summed E-state index contributed by atoms with van der Waals surface area (Å²) >= 11 is 0. The van der Waals surface area contributed by atoms with Crippen LogP contribution in [-0.2, 0) is 14.3 Å². The largest absolute Gasteiger partial charge is 0.573 e. The van der Waals surface area contributed by atoms with Gasteiger partial charge in [-0.15, -0.1) is 13.2 Å². The summed E-state index contributed by atoms with van der Waals surface area (Å²) in [5.41, 5.74) is 8.06. The van der Waals surface area contributed by atoms with Crippen molar-refractivity contribution >= 4 is 35.4 Å². The Labute approximate surface area is 246 Å². The molecule has 0 radical (unpaired) electrons. The highest BCUT2D eigenvalue weighted by atomic mass is 19.4. The lowest BCUT2D eigenvalue weighted by atomic mass is 10.1. The van der Waals surface area contributed by atoms with Crippen molar-refractivity contribution in [2.75, 3.05) is 31.3 Å². The Morgan fingerprint density at radius 1 is 0.791 bits per heavy atom. The number of esters is 3. The first-order valence-electron chi connectivity index (χ1n) is 13.3. The van der Waals surface area contributed by atoms with Gasteiger partial charge in [0.15, 0.2) is 0 Å². The summed E-state index contributed by atoms with van der Waals surface area (Å²) in [7, 11) is 1.73. The van der Waals surface area contributed by atoms with Crippen molar-refractivity contribution in [2.24, 2.45) is 0 Å². The first-order chi connectivity index (χ1) is 20.5. The number of carbonyl (C=O) groups excluding carboxylic acids is 3. The average molecular weight is 601 g/mol. The number of unbranched alkanes of at least 4 members (excludes halogenated alkanes) is 3. The molecule has 0 aliphatic heterocycles. The Balaban J connectivity index is 1.29. The fourth-order valence-electron chi connectivity index (χ4n) is 3.71. The maximum absolute atomic E-state index is 12.3. The SMILES string of the molecule is CNc1cc(N)cc(C(=O)OCCCCCCOC(=O)/C=C/c2ccc(OC(=O)c3ccc(OC(F)(F)F)cc3)cc2)c1. The van der Waals surface area contributed by atoms with Crippen LogP contribution in [0.4, 0.5) is 24.5 Å². The molecule has 3 aromatic rings. The normalized spacial score (nSPS) is 11.2. The standard InChI is InChI=1S/C31H31F3N2O7/c1-36-25-19-23(18-24(35)20-25)29(38)41-17-5-3-2-4-16-40-28(37)15-8-21-6-11-26(12-7-21)42-30(39)22-9-13-27(14-10-22)43-31(32,33)34/h6-15,18-20,36H,2-5,16-17,35H2,1H3/b15-8+. The van der Waals surface area contributed by atoms with E-state index in [0.717, 1.165) is 42.8 Å². The lowest BCUT2D eigenvalue weighted by Crippen LogP contribution is -2.17. The minimum Gasteiger partial charge on any atom is -0.463 e. The summed E-state index contributed by atoms with van der Waals surface area (Å²) in [6.45, 7) is 0.522. The van der Waals surface area contributed by atoms with E-state index in [-0.39, 0.29) is 24.5 Å². The topological polar surface area (TPSA) is 126 Å². The monoisotopic (exact) mass is 600 g/mol. The van der Waals surface area contributed by atoms with Gasteiger partial charge in [-0.2, -0.15) is 0 Å². The third kappa shape index (κ3) is 11.8. The van der Waals surface area contributed by atoms with E-state index in [2.05, 4.69) is 10.1 Å². The molecule has 3 N–H and O–H groups in total. The number of hydrogen-bond donors (Lipinski definition) is 2. The summed E-state index contributed by atoms with van der Waals surface area (Å²) < 4.78 is 56.2. The summed E-state index contributed by atoms with van der Waals surface area (Å²) in [6, 6.07) is 15.6. The summed E-state index contributed by atoms with van der Waals surface area (Å²) in [6.07, 6.45) is 0.924. The molecule has 0 atom stereocenters. The number of benzene rings is 3. The molecule has 0 aliphatic rings. The highest BCUT2D eigenvalue weighted by molar-refractivity contribution is 5.92. The molecule has 9 nitrogen and oxygen atoms in total. The molecule has 228 valence electrons. The van der Waals surface area contributed by atoms with E-state index in [1.54, 1.807) is 43.5 Å². The molecule has 43 heavy (non-hydrogen) atoms. The van der Waals surface area contributed by atoms with Crippen LogP contribution in [0.1, 0.15) is 52.0 Å². The molecule has 0 bridgehead atoms. The molecule has 3 rings (SSSR count). The number of nitrogens with one attached hydrogen (secondary N) is 1. The summed E-state index contributed by atoms with van der Waals surface area (Å²) in [5, 5.41) is 2.93. The third-order valence-electron chi connectivity index (χ3n) is 5.82. The van der Waals surface area contributed by atoms with Gasteiger partial charge in [0.1, 0.15) is 11.5 Å². The number of rotatable bonds is 14. The van der Waals surface area contributed by atoms with Gasteiger partial charge in [-0.3, -0.25) is 0 Å². The molecule has 0 amide bonds. The van der Waals surface area contributed by atoms with Crippen LogP contribution in [0.2, 0.25) is 0 Å². The molecule has 12 heteroatoms. The number of hydrogen-bond acceptors (Lipinski definition) is 9. The lowest BCUT2D eigenvalue weighted by molar-refractivity contribution is -0.274. The highest BCUT2D eigenvalue weighted by Crippen LogP contribution is 2.23. The Hall–Kier alpha value is -5.00. The zero-order chi connectivity index (χ0) is 31.2. The van der Waals surface area contributed by atoms with Gasteiger partial charge >= 0.3 is 24.3 Å². The molecule has 3 aromatic carbocycles. The molecular formula is C31H31F3N2O7. The molecule has 0 spiro atoms. The van der Waals surface area contributed by atoms with Crippen molar-refractivity contribution in [3.8, 4) is 11.5 Å². The van der Waals surface area contributed by atoms with Crippen molar-refractivity contribution < 1.29 is 46.5 Å². The number of anilines is 2. The summed E-state index contributed by atoms with van der Waals surface area (Å²) in [5.74, 6) is -1.94. The molecule has 0 fully saturated rings. The number of alkyl halides is 3. The second kappa shape index (κ2) is 15.9. The van der Waals surface area contributed by atoms with Crippen molar-refractivity contribution in [1.82, 2.24) is 0 Å². The quantitative estimate of drug-likeness (QED) is 0.0710. The molecule has 0 aromatic heterocycles. The first kappa shape index (κ1) is 32.5. The van der Waals surface area contributed by atoms with Gasteiger partial charge in [-0.1, -0.05) is 12.1 Å². The zero-order valence-corrected chi connectivity index (χ0v) is 23.3. The second-order valence-corrected chi connectivity index (χ2v) is 9.18. The highest BCUT2D eigenvalue weighted by Gasteiger charge is 2.31. The Morgan fingerprint density at radius 2 is 1.42 bits per heavy atom. The second-order valence-electron chi connectivity index (χ2n) is 9.18. The first-order valence-corrected chi connectivity index (χ1v) is 13.3. The van der Waals surface area contributed by atoms with Crippen LogP contribution in [-0.4, -0.2) is 44.5 Å². The lowest BCUT2D eigenvalue weighted by Gasteiger charge is -2.09. The fraction of sp³-hybridized carbons (Fsp3) is 0.258. The smallest absolute Gasteiger partial charge is 0.463 e. The number of carbonyl (C=O) groups is 3. The van der Waals surface area contributed by atoms with Crippen LogP contribution in [0.25, 0.3) is 6.08 Å². The maximum atomic E-state index is 12.3. The van der Waals surface area contributed by atoms with E-state index in [1.807, 2.05) is 0 Å². The van der Waals surface area contributed by atoms with Gasteiger partial charge in [-0.25, -0.2) is 14.4 Å². The van der Waals surface area contributed by atoms with Crippen molar-refractivity contribution in [3.05, 3.63) is 89.5 Å². The van der Waals surface area contributed by atoms with Crippen molar-refractivity contribution in [3.63, 3.8) is 0 Å². The number of halogens is 3. The fourth-order valence-corrected chi connectivity index (χ4v) is 3.71. The minimum absolute atomic E-state index is 0.0436. The van der Waals surface area contributed by atoms with Crippen LogP contribution in [0.5, 0.6) is 11.5 Å². The van der Waals surface area contributed by atoms with E-state index < -0.39 is 30.0 Å². The van der Waals surface area contributed by atoms with Crippen LogP contribution in [0, 0.1) is 0 Å². The van der Waals surface area contributed by atoms with E-state index in [9.17, 15) is 27.6 Å². The molecule has 0 aliphatic carbocycles. The number of nitrogen functional groups attached to an aromatic ring is 1. The maximum Gasteiger partial charge on any atom is 0.573 e. The van der Waals surface area contributed by atoms with Crippen LogP contribution in [0.3, 0.4) is 0 Å². The minimum atomic E-state index is -4.83. The van der Waals surface area contributed by atoms with Gasteiger partial charge in [0.25, 0.3) is 0 Å². The molecular weight excluding hydrogens is 569 g/mol. The Bertz CT molecular complexity index is 1410. The van der Waals surface area contributed by atoms with Gasteiger partial charge in [-0.05, 0) is 91.9 Å². The predicted molar refractivity (Wildman–Crippen MR) is 154 cm³/mol. The average Bonchev–Trinajstić information content (AvgIpc) is 2.97. The molecule has 0 unspecified atom stereocenters. The van der Waals surface area contributed by atoms with E-state index in [0.29, 0.717) is 29.7 Å². The van der Waals surface area contributed by atoms with Crippen LogP contribution < -0.4 is 20.5 Å². The van der Waals surface area contributed by atoms with Crippen LogP contribution >= 0.6 is 0 Å². The zero-order valence-electron chi connectivity index (χ0n) is 23.3. The Kier molecular flexibility index (Phi) is 12.0. The molecule has 0 saturated carbocycles. The predicted octanol–water partition coefficient (Wildman–Crippen LogP) is 6.40. The third-order valence-corrected chi connectivity index (χ3v) is 5.82. The molecule has 0 heterocycles. The summed E-state index contributed by atoms with van der Waals surface area (Å²) in [4.78, 5) is 36.4. The van der Waals surface area contributed by atoms with E-state index in [1.165, 1.54) is 18.2 Å². The van der Waals surface area contributed by atoms with Gasteiger partial charge < -0.3 is 30.0 Å². The van der Waals surface area contributed by atoms with Gasteiger partial charge in [0.05, 0.1) is 24.3 Å². The van der Waals surface area contributed by atoms with Crippen molar-refractivity contribution in [1.29, 1.82) is 0 Å². The van der Waals surface area contributed by atoms with E-state index in [4.69, 9.17) is 19.9 Å². The van der Waals surface area contributed by atoms with Gasteiger partial charge in [0.2, 0.25) is 0 Å². The van der Waals surface area contributed by atoms with Gasteiger partial charge in [0, 0.05) is 24.5 Å². The molecule has 0 saturated heterocycles. The number of nitrogens with two attached hydrogens (primary N) is 1. The van der Waals surface area contributed by atoms with Crippen molar-refractivity contribution in [2.45, 2.75) is 32.0 Å².